The predicted molar refractivity (Wildman–Crippen MR) is 172 cm³/mol. The molecule has 1 amide bonds. The lowest BCUT2D eigenvalue weighted by Gasteiger charge is -2.38. The number of nitrogens with zero attached hydrogens (tertiary/aromatic N) is 7. The first kappa shape index (κ1) is 24.5. The second kappa shape index (κ2) is 9.82. The maximum atomic E-state index is 14.1. The van der Waals surface area contributed by atoms with E-state index in [2.05, 4.69) is 27.4 Å². The largest absolute Gasteiger partial charge is 0.479 e. The topological polar surface area (TPSA) is 130 Å². The van der Waals surface area contributed by atoms with Gasteiger partial charge in [-0.25, -0.2) is 9.78 Å². The second-order valence-corrected chi connectivity index (χ2v) is 12.9. The lowest BCUT2D eigenvalue weighted by Crippen LogP contribution is -2.49. The number of carbonyl (C=O) groups is 1. The third-order valence-electron chi connectivity index (χ3n) is 9.78. The molecule has 0 atom stereocenters. The molecule has 0 aliphatic heterocycles. The third-order valence-corrected chi connectivity index (χ3v) is 9.78. The first-order chi connectivity index (χ1) is 22.9. The van der Waals surface area contributed by atoms with E-state index in [0.717, 1.165) is 65.2 Å². The van der Waals surface area contributed by atoms with Gasteiger partial charge < -0.3 is 15.0 Å². The standard InChI is InChI=1S/C33H37N9O3/c1-33(37-30(43)18-6-7-18)12-10-21(11-13-33)42-28-24(40(3)32(42)44)16-34-29-26(28)25(19-8-9-23-20(14-19)15-35-41(23)4)27(36-29)22-17-39(2)38-31(22)45-5/h8-9,14-18,21H,6-7,10-13H2,1-5H3,(H,34,36)(H,37,43)/i4D3. The number of benzene rings is 1. The van der Waals surface area contributed by atoms with Crippen LogP contribution in [-0.2, 0) is 25.9 Å². The van der Waals surface area contributed by atoms with E-state index in [4.69, 9.17) is 13.8 Å². The Hall–Kier alpha value is -4.87. The lowest BCUT2D eigenvalue weighted by atomic mass is 9.80. The van der Waals surface area contributed by atoms with Crippen LogP contribution in [0, 0.1) is 5.92 Å². The first-order valence-corrected chi connectivity index (χ1v) is 15.4. The zero-order chi connectivity index (χ0) is 33.7. The molecule has 45 heavy (non-hydrogen) atoms. The van der Waals surface area contributed by atoms with Crippen molar-refractivity contribution < 1.29 is 13.6 Å². The Morgan fingerprint density at radius 3 is 2.69 bits per heavy atom. The second-order valence-electron chi connectivity index (χ2n) is 12.9. The van der Waals surface area contributed by atoms with Crippen molar-refractivity contribution in [3.8, 4) is 28.3 Å². The molecular formula is C33H37N9O3. The van der Waals surface area contributed by atoms with Crippen molar-refractivity contribution in [3.05, 3.63) is 47.3 Å². The molecule has 0 radical (unpaired) electrons. The van der Waals surface area contributed by atoms with Gasteiger partial charge in [-0.15, -0.1) is 5.10 Å². The summed E-state index contributed by atoms with van der Waals surface area (Å²) in [6, 6.07) is 5.46. The Balaban J connectivity index is 1.34. The van der Waals surface area contributed by atoms with Gasteiger partial charge in [-0.3, -0.25) is 23.3 Å². The molecule has 232 valence electrons. The van der Waals surface area contributed by atoms with Crippen molar-refractivity contribution in [2.24, 2.45) is 27.0 Å². The van der Waals surface area contributed by atoms with Gasteiger partial charge in [0.2, 0.25) is 11.8 Å². The number of pyridine rings is 1. The molecule has 12 nitrogen and oxygen atoms in total. The molecule has 6 aromatic rings. The van der Waals surface area contributed by atoms with Gasteiger partial charge in [0.15, 0.2) is 0 Å². The van der Waals surface area contributed by atoms with Gasteiger partial charge in [-0.2, -0.15) is 5.10 Å². The van der Waals surface area contributed by atoms with Gasteiger partial charge >= 0.3 is 5.69 Å². The van der Waals surface area contributed by atoms with Crippen LogP contribution in [0.5, 0.6) is 5.88 Å². The molecule has 8 rings (SSSR count). The number of aryl methyl sites for hydroxylation is 3. The number of carbonyl (C=O) groups excluding carboxylic acids is 1. The third kappa shape index (κ3) is 4.29. The zero-order valence-electron chi connectivity index (χ0n) is 28.7. The van der Waals surface area contributed by atoms with Crippen LogP contribution >= 0.6 is 0 Å². The predicted octanol–water partition coefficient (Wildman–Crippen LogP) is 4.58. The van der Waals surface area contributed by atoms with E-state index in [0.29, 0.717) is 39.2 Å². The van der Waals surface area contributed by atoms with Crippen molar-refractivity contribution in [1.29, 1.82) is 0 Å². The molecule has 2 fully saturated rings. The summed E-state index contributed by atoms with van der Waals surface area (Å²) in [5, 5.41) is 13.4. The summed E-state index contributed by atoms with van der Waals surface area (Å²) in [5.41, 5.74) is 5.10. The van der Waals surface area contributed by atoms with Gasteiger partial charge in [-0.05, 0) is 63.1 Å². The molecular weight excluding hydrogens is 570 g/mol. The highest BCUT2D eigenvalue weighted by atomic mass is 16.5. The molecule has 0 bridgehead atoms. The Morgan fingerprint density at radius 1 is 1.16 bits per heavy atom. The molecule has 2 saturated carbocycles. The molecule has 0 spiro atoms. The quantitative estimate of drug-likeness (QED) is 0.284. The summed E-state index contributed by atoms with van der Waals surface area (Å²) in [5.74, 6) is 0.702. The smallest absolute Gasteiger partial charge is 0.329 e. The van der Waals surface area contributed by atoms with Gasteiger partial charge in [0.25, 0.3) is 0 Å². The van der Waals surface area contributed by atoms with Gasteiger partial charge in [0.05, 0.1) is 52.7 Å². The van der Waals surface area contributed by atoms with Crippen LogP contribution in [0.15, 0.2) is 41.6 Å². The average molecular weight is 611 g/mol. The van der Waals surface area contributed by atoms with Gasteiger partial charge in [-0.1, -0.05) is 6.07 Å². The maximum absolute atomic E-state index is 14.1. The summed E-state index contributed by atoms with van der Waals surface area (Å²) in [6.45, 7) is -0.314. The Morgan fingerprint density at radius 2 is 1.96 bits per heavy atom. The summed E-state index contributed by atoms with van der Waals surface area (Å²) in [7, 11) is 5.15. The summed E-state index contributed by atoms with van der Waals surface area (Å²) in [4.78, 5) is 35.1. The summed E-state index contributed by atoms with van der Waals surface area (Å²) < 4.78 is 35.7. The highest BCUT2D eigenvalue weighted by Crippen LogP contribution is 2.45. The highest BCUT2D eigenvalue weighted by Gasteiger charge is 2.39. The minimum Gasteiger partial charge on any atom is -0.479 e. The average Bonchev–Trinajstić information content (AvgIpc) is 3.41. The Kier molecular flexibility index (Phi) is 5.33. The number of H-pyrrole nitrogens is 1. The molecule has 0 unspecified atom stereocenters. The van der Waals surface area contributed by atoms with E-state index in [1.54, 1.807) is 41.9 Å². The molecule has 5 heterocycles. The number of hydrogen-bond donors (Lipinski definition) is 2. The molecule has 2 aliphatic carbocycles. The molecule has 5 aromatic heterocycles. The van der Waals surface area contributed by atoms with Crippen molar-refractivity contribution in [3.63, 3.8) is 0 Å². The summed E-state index contributed by atoms with van der Waals surface area (Å²) in [6.07, 6.45) is 10.0. The van der Waals surface area contributed by atoms with Crippen molar-refractivity contribution >= 4 is 38.9 Å². The number of methoxy groups -OCH3 is 1. The molecule has 12 heteroatoms. The highest BCUT2D eigenvalue weighted by molar-refractivity contribution is 6.15. The first-order valence-electron chi connectivity index (χ1n) is 16.9. The van der Waals surface area contributed by atoms with E-state index in [9.17, 15) is 9.59 Å². The number of imidazole rings is 1. The van der Waals surface area contributed by atoms with Crippen molar-refractivity contribution in [2.45, 2.75) is 57.0 Å². The zero-order valence-corrected chi connectivity index (χ0v) is 25.7. The Labute approximate surface area is 263 Å². The van der Waals surface area contributed by atoms with E-state index < -0.39 is 6.98 Å². The Bertz CT molecular complexity index is 2310. The minimum absolute atomic E-state index is 0.0863. The van der Waals surface area contributed by atoms with E-state index in [-0.39, 0.29) is 29.1 Å². The summed E-state index contributed by atoms with van der Waals surface area (Å²) >= 11 is 0. The minimum atomic E-state index is -2.43. The number of ether oxygens (including phenoxy) is 1. The number of hydrogen-bond acceptors (Lipinski definition) is 6. The normalized spacial score (nSPS) is 21.7. The van der Waals surface area contributed by atoms with Gasteiger partial charge in [0.1, 0.15) is 5.65 Å². The van der Waals surface area contributed by atoms with E-state index in [1.807, 2.05) is 29.9 Å². The van der Waals surface area contributed by atoms with Crippen LogP contribution in [0.1, 0.15) is 55.6 Å². The molecule has 2 aliphatic rings. The molecule has 2 N–H and O–H groups in total. The van der Waals surface area contributed by atoms with E-state index in [1.165, 1.54) is 0 Å². The molecule has 1 aromatic carbocycles. The number of aromatic amines is 1. The number of nitrogens with one attached hydrogen (secondary N) is 2. The fourth-order valence-corrected chi connectivity index (χ4v) is 7.15. The van der Waals surface area contributed by atoms with Gasteiger partial charge in [0, 0.05) is 59.8 Å². The number of fused-ring (bicyclic) bond motifs is 4. The van der Waals surface area contributed by atoms with Crippen molar-refractivity contribution in [2.75, 3.05) is 7.11 Å². The maximum Gasteiger partial charge on any atom is 0.329 e. The van der Waals surface area contributed by atoms with Crippen LogP contribution in [0.25, 0.3) is 55.4 Å². The van der Waals surface area contributed by atoms with Crippen LogP contribution in [-0.4, -0.2) is 57.2 Å². The van der Waals surface area contributed by atoms with Crippen LogP contribution in [0.3, 0.4) is 0 Å². The number of rotatable bonds is 6. The van der Waals surface area contributed by atoms with Crippen LogP contribution in [0.2, 0.25) is 0 Å². The van der Waals surface area contributed by atoms with Crippen molar-refractivity contribution in [1.82, 2.24) is 44.0 Å². The number of amides is 1. The van der Waals surface area contributed by atoms with Crippen LogP contribution in [0.4, 0.5) is 0 Å². The van der Waals surface area contributed by atoms with E-state index >= 15 is 0 Å². The van der Waals surface area contributed by atoms with Crippen LogP contribution < -0.4 is 15.7 Å². The fraction of sp³-hybridized carbons (Fsp3) is 0.424. The lowest BCUT2D eigenvalue weighted by molar-refractivity contribution is -0.124. The fourth-order valence-electron chi connectivity index (χ4n) is 7.15. The monoisotopic (exact) mass is 610 g/mol. The number of aromatic nitrogens is 8. The molecule has 0 saturated heterocycles. The SMILES string of the molecule is [2H]C([2H])([2H])n1ncc2cc(-c3c(-c4cn(C)nc4OC)[nH]c4ncc5c(c34)n(C3CCC(C)(NC(=O)C4CC4)CC3)c(=O)n5C)ccc21.